The molecule has 1 fully saturated rings. The Kier molecular flexibility index (Phi) is 6.77. The summed E-state index contributed by atoms with van der Waals surface area (Å²) in [7, 11) is 0. The molecule has 4 rings (SSSR count). The third-order valence-electron chi connectivity index (χ3n) is 5.73. The molecule has 31 heavy (non-hydrogen) atoms. The molecular weight excluding hydrogens is 388 g/mol. The van der Waals surface area contributed by atoms with Crippen LogP contribution < -0.4 is 10.1 Å². The molecule has 1 N–H and O–H groups in total. The highest BCUT2D eigenvalue weighted by atomic mass is 16.5. The summed E-state index contributed by atoms with van der Waals surface area (Å²) in [5.41, 5.74) is 3.64. The zero-order chi connectivity index (χ0) is 21.5. The van der Waals surface area contributed by atoms with Gasteiger partial charge in [0.05, 0.1) is 0 Å². The number of nitrogens with zero attached hydrogens (tertiary/aromatic N) is 3. The number of carbonyl (C=O) groups excluding carboxylic acids is 1. The van der Waals surface area contributed by atoms with Gasteiger partial charge < -0.3 is 15.0 Å². The molecule has 2 aromatic carbocycles. The predicted molar refractivity (Wildman–Crippen MR) is 121 cm³/mol. The molecule has 1 aliphatic rings. The summed E-state index contributed by atoms with van der Waals surface area (Å²) < 4.78 is 5.68. The fourth-order valence-corrected chi connectivity index (χ4v) is 3.85. The number of benzene rings is 2. The molecule has 160 valence electrons. The second-order valence-electron chi connectivity index (χ2n) is 7.91. The van der Waals surface area contributed by atoms with Crippen LogP contribution in [-0.4, -0.2) is 34.1 Å². The molecule has 1 amide bonds. The van der Waals surface area contributed by atoms with Gasteiger partial charge in [-0.05, 0) is 41.5 Å². The lowest BCUT2D eigenvalue weighted by Crippen LogP contribution is -2.36. The molecule has 0 saturated carbocycles. The molecule has 0 atom stereocenters. The van der Waals surface area contributed by atoms with E-state index in [0.717, 1.165) is 31.5 Å². The predicted octanol–water partition coefficient (Wildman–Crippen LogP) is 4.39. The van der Waals surface area contributed by atoms with E-state index in [-0.39, 0.29) is 5.91 Å². The minimum Gasteiger partial charge on any atom is -0.472 e. The number of aromatic nitrogens is 2. The van der Waals surface area contributed by atoms with E-state index in [9.17, 15) is 4.79 Å². The van der Waals surface area contributed by atoms with Crippen LogP contribution in [0, 0.1) is 0 Å². The fraction of sp³-hybridized carbons (Fsp3) is 0.320. The van der Waals surface area contributed by atoms with Gasteiger partial charge in [0.15, 0.2) is 0 Å². The normalized spacial score (nSPS) is 14.3. The van der Waals surface area contributed by atoms with Crippen LogP contribution in [-0.2, 0) is 17.9 Å². The molecule has 1 saturated heterocycles. The van der Waals surface area contributed by atoms with Gasteiger partial charge in [0.2, 0.25) is 11.8 Å². The molecule has 1 aromatic heterocycles. The molecular formula is C25H28N4O2. The first-order valence-electron chi connectivity index (χ1n) is 10.8. The van der Waals surface area contributed by atoms with Crippen molar-refractivity contribution in [1.29, 1.82) is 0 Å². The Morgan fingerprint density at radius 3 is 2.35 bits per heavy atom. The standard InChI is InChI=1S/C25H28N4O2/c1-19(30)29-15-13-23(14-16-29)22-9-7-20(8-10-22)17-26-24-11-12-25(28-27-24)31-18-21-5-3-2-4-6-21/h2-12,23H,13-18H2,1H3,(H,26,27). The summed E-state index contributed by atoms with van der Waals surface area (Å²) in [6, 6.07) is 22.4. The van der Waals surface area contributed by atoms with Gasteiger partial charge >= 0.3 is 0 Å². The number of anilines is 1. The van der Waals surface area contributed by atoms with E-state index in [2.05, 4.69) is 39.8 Å². The van der Waals surface area contributed by atoms with Crippen molar-refractivity contribution >= 4 is 11.7 Å². The van der Waals surface area contributed by atoms with Crippen LogP contribution in [0.4, 0.5) is 5.82 Å². The second-order valence-corrected chi connectivity index (χ2v) is 7.91. The summed E-state index contributed by atoms with van der Waals surface area (Å²) >= 11 is 0. The van der Waals surface area contributed by atoms with Crippen LogP contribution in [0.25, 0.3) is 0 Å². The molecule has 0 unspecified atom stereocenters. The molecule has 6 nitrogen and oxygen atoms in total. The average Bonchev–Trinajstić information content (AvgIpc) is 2.83. The Labute approximate surface area is 183 Å². The Morgan fingerprint density at radius 2 is 1.71 bits per heavy atom. The molecule has 6 heteroatoms. The van der Waals surface area contributed by atoms with E-state index in [0.29, 0.717) is 30.8 Å². The number of nitrogens with one attached hydrogen (secondary N) is 1. The van der Waals surface area contributed by atoms with Crippen molar-refractivity contribution < 1.29 is 9.53 Å². The Hall–Kier alpha value is -3.41. The Morgan fingerprint density at radius 1 is 0.968 bits per heavy atom. The highest BCUT2D eigenvalue weighted by molar-refractivity contribution is 5.73. The smallest absolute Gasteiger partial charge is 0.233 e. The van der Waals surface area contributed by atoms with Crippen molar-refractivity contribution in [3.05, 3.63) is 83.4 Å². The van der Waals surface area contributed by atoms with Gasteiger partial charge in [-0.3, -0.25) is 4.79 Å². The molecule has 2 heterocycles. The van der Waals surface area contributed by atoms with Gasteiger partial charge in [-0.1, -0.05) is 54.6 Å². The van der Waals surface area contributed by atoms with Gasteiger partial charge in [-0.25, -0.2) is 0 Å². The topological polar surface area (TPSA) is 67.4 Å². The van der Waals surface area contributed by atoms with Gasteiger partial charge in [0, 0.05) is 32.6 Å². The van der Waals surface area contributed by atoms with Crippen LogP contribution in [0.3, 0.4) is 0 Å². The van der Waals surface area contributed by atoms with Crippen LogP contribution in [0.2, 0.25) is 0 Å². The number of rotatable bonds is 7. The van der Waals surface area contributed by atoms with E-state index in [1.807, 2.05) is 47.4 Å². The fourth-order valence-electron chi connectivity index (χ4n) is 3.85. The SMILES string of the molecule is CC(=O)N1CCC(c2ccc(CNc3ccc(OCc4ccccc4)nn3)cc2)CC1. The maximum atomic E-state index is 11.5. The molecule has 0 bridgehead atoms. The van der Waals surface area contributed by atoms with Crippen LogP contribution in [0.1, 0.15) is 42.4 Å². The van der Waals surface area contributed by atoms with Gasteiger partial charge in [0.25, 0.3) is 0 Å². The van der Waals surface area contributed by atoms with Crippen LogP contribution >= 0.6 is 0 Å². The molecule has 1 aliphatic heterocycles. The number of hydrogen-bond acceptors (Lipinski definition) is 5. The lowest BCUT2D eigenvalue weighted by molar-refractivity contribution is -0.129. The zero-order valence-corrected chi connectivity index (χ0v) is 17.8. The van der Waals surface area contributed by atoms with Gasteiger partial charge in [0.1, 0.15) is 12.4 Å². The quantitative estimate of drug-likeness (QED) is 0.619. The summed E-state index contributed by atoms with van der Waals surface area (Å²) in [5, 5.41) is 11.6. The zero-order valence-electron chi connectivity index (χ0n) is 17.8. The monoisotopic (exact) mass is 416 g/mol. The largest absolute Gasteiger partial charge is 0.472 e. The van der Waals surface area contributed by atoms with Gasteiger partial charge in [-0.2, -0.15) is 0 Å². The second kappa shape index (κ2) is 10.1. The molecule has 0 aliphatic carbocycles. The van der Waals surface area contributed by atoms with E-state index in [4.69, 9.17) is 4.74 Å². The van der Waals surface area contributed by atoms with Crippen molar-refractivity contribution in [2.45, 2.75) is 38.8 Å². The van der Waals surface area contributed by atoms with Crippen molar-refractivity contribution in [2.75, 3.05) is 18.4 Å². The lowest BCUT2D eigenvalue weighted by Gasteiger charge is -2.31. The maximum absolute atomic E-state index is 11.5. The van der Waals surface area contributed by atoms with Crippen LogP contribution in [0.15, 0.2) is 66.7 Å². The van der Waals surface area contributed by atoms with E-state index in [1.54, 1.807) is 6.92 Å². The summed E-state index contributed by atoms with van der Waals surface area (Å²) in [4.78, 5) is 13.4. The van der Waals surface area contributed by atoms with Crippen molar-refractivity contribution in [1.82, 2.24) is 15.1 Å². The highest BCUT2D eigenvalue weighted by Crippen LogP contribution is 2.28. The van der Waals surface area contributed by atoms with E-state index in [1.165, 1.54) is 11.1 Å². The molecule has 3 aromatic rings. The Balaban J connectivity index is 1.24. The lowest BCUT2D eigenvalue weighted by atomic mass is 9.89. The number of carbonyl (C=O) groups is 1. The summed E-state index contributed by atoms with van der Waals surface area (Å²) in [6.07, 6.45) is 2.07. The minimum absolute atomic E-state index is 0.179. The summed E-state index contributed by atoms with van der Waals surface area (Å²) in [5.74, 6) is 1.94. The first-order valence-corrected chi connectivity index (χ1v) is 10.8. The number of ether oxygens (including phenoxy) is 1. The highest BCUT2D eigenvalue weighted by Gasteiger charge is 2.21. The summed E-state index contributed by atoms with van der Waals surface area (Å²) in [6.45, 7) is 4.52. The molecule has 0 spiro atoms. The van der Waals surface area contributed by atoms with Crippen LogP contribution in [0.5, 0.6) is 5.88 Å². The first-order chi connectivity index (χ1) is 15.2. The number of hydrogen-bond donors (Lipinski definition) is 1. The molecule has 0 radical (unpaired) electrons. The van der Waals surface area contributed by atoms with E-state index >= 15 is 0 Å². The third kappa shape index (κ3) is 5.81. The number of likely N-dealkylation sites (tertiary alicyclic amines) is 1. The minimum atomic E-state index is 0.179. The Bertz CT molecular complexity index is 967. The van der Waals surface area contributed by atoms with Crippen molar-refractivity contribution in [3.8, 4) is 5.88 Å². The van der Waals surface area contributed by atoms with Gasteiger partial charge in [-0.15, -0.1) is 10.2 Å². The maximum Gasteiger partial charge on any atom is 0.233 e. The first kappa shape index (κ1) is 20.8. The van der Waals surface area contributed by atoms with E-state index < -0.39 is 0 Å². The third-order valence-corrected chi connectivity index (χ3v) is 5.73. The van der Waals surface area contributed by atoms with Crippen molar-refractivity contribution in [3.63, 3.8) is 0 Å². The van der Waals surface area contributed by atoms with Crippen molar-refractivity contribution in [2.24, 2.45) is 0 Å². The number of amides is 1. The number of piperidine rings is 1. The average molecular weight is 417 g/mol.